The number of esters is 1. The van der Waals surface area contributed by atoms with Crippen LogP contribution in [0.3, 0.4) is 0 Å². The first kappa shape index (κ1) is 22.0. The van der Waals surface area contributed by atoms with Gasteiger partial charge in [0, 0.05) is 11.7 Å². The number of ether oxygens (including phenoxy) is 1. The van der Waals surface area contributed by atoms with E-state index in [4.69, 9.17) is 25.6 Å². The van der Waals surface area contributed by atoms with Gasteiger partial charge in [-0.25, -0.2) is 0 Å². The molecule has 8 heteroatoms. The third kappa shape index (κ3) is 4.58. The summed E-state index contributed by atoms with van der Waals surface area (Å²) in [7, 11) is -0.659. The molecule has 150 valence electrons. The SMILES string of the molecule is CCCCc1c(B2OC(C)(C)C(C)(C)O2)cn(CC(=O)OCC)c(=O)c1Cl. The van der Waals surface area contributed by atoms with E-state index in [1.165, 1.54) is 4.57 Å². The molecule has 1 fully saturated rings. The minimum atomic E-state index is -0.659. The van der Waals surface area contributed by atoms with Gasteiger partial charge in [0.25, 0.3) is 5.56 Å². The summed E-state index contributed by atoms with van der Waals surface area (Å²) in [6, 6.07) is 0. The maximum Gasteiger partial charge on any atom is 0.496 e. The fourth-order valence-corrected chi connectivity index (χ4v) is 3.24. The van der Waals surface area contributed by atoms with Crippen molar-refractivity contribution in [1.29, 1.82) is 0 Å². The molecule has 0 bridgehead atoms. The molecule has 0 amide bonds. The van der Waals surface area contributed by atoms with E-state index in [0.717, 1.165) is 18.4 Å². The molecule has 2 rings (SSSR count). The zero-order chi connectivity index (χ0) is 20.4. The Morgan fingerprint density at radius 2 is 1.81 bits per heavy atom. The lowest BCUT2D eigenvalue weighted by molar-refractivity contribution is -0.143. The van der Waals surface area contributed by atoms with Crippen LogP contribution in [-0.4, -0.2) is 35.5 Å². The Kier molecular flexibility index (Phi) is 6.82. The fraction of sp³-hybridized carbons (Fsp3) is 0.684. The first-order valence-corrected chi connectivity index (χ1v) is 9.84. The van der Waals surface area contributed by atoms with Crippen LogP contribution in [0.5, 0.6) is 0 Å². The third-order valence-corrected chi connectivity index (χ3v) is 5.64. The average Bonchev–Trinajstić information content (AvgIpc) is 2.79. The number of halogens is 1. The summed E-state index contributed by atoms with van der Waals surface area (Å²) in [5, 5.41) is 0.111. The second-order valence-corrected chi connectivity index (χ2v) is 8.18. The minimum Gasteiger partial charge on any atom is -0.465 e. The molecule has 27 heavy (non-hydrogen) atoms. The molecule has 1 aliphatic heterocycles. The molecule has 0 saturated carbocycles. The van der Waals surface area contributed by atoms with Gasteiger partial charge in [0.1, 0.15) is 11.6 Å². The van der Waals surface area contributed by atoms with Crippen molar-refractivity contribution in [2.24, 2.45) is 0 Å². The van der Waals surface area contributed by atoms with E-state index in [2.05, 4.69) is 6.92 Å². The van der Waals surface area contributed by atoms with Gasteiger partial charge < -0.3 is 18.6 Å². The summed E-state index contributed by atoms with van der Waals surface area (Å²) in [5.41, 5.74) is -0.0306. The first-order valence-electron chi connectivity index (χ1n) is 9.47. The van der Waals surface area contributed by atoms with Crippen molar-refractivity contribution >= 4 is 30.2 Å². The lowest BCUT2D eigenvalue weighted by Crippen LogP contribution is -2.42. The van der Waals surface area contributed by atoms with Crippen LogP contribution < -0.4 is 11.0 Å². The van der Waals surface area contributed by atoms with Gasteiger partial charge in [-0.15, -0.1) is 0 Å². The van der Waals surface area contributed by atoms with Crippen molar-refractivity contribution in [1.82, 2.24) is 4.57 Å². The quantitative estimate of drug-likeness (QED) is 0.523. The van der Waals surface area contributed by atoms with Gasteiger partial charge in [0.05, 0.1) is 17.8 Å². The normalized spacial score (nSPS) is 18.0. The van der Waals surface area contributed by atoms with Crippen LogP contribution in [0.4, 0.5) is 0 Å². The lowest BCUT2D eigenvalue weighted by Gasteiger charge is -2.32. The summed E-state index contributed by atoms with van der Waals surface area (Å²) in [4.78, 5) is 24.5. The number of carbonyl (C=O) groups excluding carboxylic acids is 1. The number of hydrogen-bond acceptors (Lipinski definition) is 5. The Balaban J connectivity index is 2.51. The molecule has 0 spiro atoms. The number of pyridine rings is 1. The van der Waals surface area contributed by atoms with Gasteiger partial charge in [0.2, 0.25) is 0 Å². The molecule has 0 aliphatic carbocycles. The standard InChI is InChI=1S/C19H29BClNO5/c1-7-9-10-13-14(20-26-18(3,4)19(5,6)27-20)11-22(17(24)16(13)21)12-15(23)25-8-2/h11H,7-10,12H2,1-6H3. The molecule has 0 unspecified atom stereocenters. The summed E-state index contributed by atoms with van der Waals surface area (Å²) >= 11 is 6.42. The highest BCUT2D eigenvalue weighted by atomic mass is 35.5. The van der Waals surface area contributed by atoms with Crippen LogP contribution in [0, 0.1) is 0 Å². The second kappa shape index (κ2) is 8.37. The van der Waals surface area contributed by atoms with Crippen LogP contribution in [0.15, 0.2) is 11.0 Å². The van der Waals surface area contributed by atoms with Gasteiger partial charge in [-0.3, -0.25) is 9.59 Å². The number of rotatable bonds is 7. The molecule has 0 radical (unpaired) electrons. The molecule has 0 atom stereocenters. The highest BCUT2D eigenvalue weighted by molar-refractivity contribution is 6.63. The van der Waals surface area contributed by atoms with E-state index in [-0.39, 0.29) is 18.2 Å². The van der Waals surface area contributed by atoms with Crippen LogP contribution in [-0.2, 0) is 31.8 Å². The summed E-state index contributed by atoms with van der Waals surface area (Å²) in [6.07, 6.45) is 4.11. The molecule has 1 aromatic rings. The monoisotopic (exact) mass is 397 g/mol. The highest BCUT2D eigenvalue weighted by Gasteiger charge is 2.52. The van der Waals surface area contributed by atoms with Gasteiger partial charge >= 0.3 is 13.1 Å². The van der Waals surface area contributed by atoms with Gasteiger partial charge in [-0.1, -0.05) is 24.9 Å². The number of aromatic nitrogens is 1. The molecule has 6 nitrogen and oxygen atoms in total. The first-order chi connectivity index (χ1) is 12.5. The third-order valence-electron chi connectivity index (χ3n) is 5.25. The molecule has 0 aromatic carbocycles. The molecule has 1 aliphatic rings. The molecular formula is C19H29BClNO5. The molecular weight excluding hydrogens is 368 g/mol. The van der Waals surface area contributed by atoms with Crippen molar-refractivity contribution < 1.29 is 18.8 Å². The van der Waals surface area contributed by atoms with Crippen molar-refractivity contribution in [2.45, 2.75) is 78.6 Å². The maximum absolute atomic E-state index is 12.7. The number of nitrogens with zero attached hydrogens (tertiary/aromatic N) is 1. The highest BCUT2D eigenvalue weighted by Crippen LogP contribution is 2.37. The largest absolute Gasteiger partial charge is 0.496 e. The van der Waals surface area contributed by atoms with E-state index >= 15 is 0 Å². The van der Waals surface area contributed by atoms with Crippen LogP contribution >= 0.6 is 11.6 Å². The van der Waals surface area contributed by atoms with Gasteiger partial charge in [0.15, 0.2) is 0 Å². The van der Waals surface area contributed by atoms with Crippen LogP contribution in [0.2, 0.25) is 5.02 Å². The molecule has 1 saturated heterocycles. The van der Waals surface area contributed by atoms with E-state index in [9.17, 15) is 9.59 Å². The molecule has 0 N–H and O–H groups in total. The minimum absolute atomic E-state index is 0.111. The Hall–Kier alpha value is -1.31. The average molecular weight is 398 g/mol. The van der Waals surface area contributed by atoms with Crippen molar-refractivity contribution in [3.63, 3.8) is 0 Å². The maximum atomic E-state index is 12.7. The molecule has 1 aromatic heterocycles. The lowest BCUT2D eigenvalue weighted by atomic mass is 9.76. The predicted octanol–water partition coefficient (Wildman–Crippen LogP) is 2.71. The topological polar surface area (TPSA) is 66.8 Å². The Labute approximate surface area is 166 Å². The number of hydrogen-bond donors (Lipinski definition) is 0. The Bertz CT molecular complexity index is 743. The fourth-order valence-electron chi connectivity index (χ4n) is 2.93. The zero-order valence-electron chi connectivity index (χ0n) is 17.1. The summed E-state index contributed by atoms with van der Waals surface area (Å²) in [5.74, 6) is -0.489. The van der Waals surface area contributed by atoms with Gasteiger partial charge in [-0.05, 0) is 53.0 Å². The van der Waals surface area contributed by atoms with Gasteiger partial charge in [-0.2, -0.15) is 0 Å². The van der Waals surface area contributed by atoms with Crippen molar-refractivity contribution in [3.8, 4) is 0 Å². The number of unbranched alkanes of at least 4 members (excludes halogenated alkanes) is 1. The second-order valence-electron chi connectivity index (χ2n) is 7.81. The number of carbonyl (C=O) groups is 1. The van der Waals surface area contributed by atoms with Crippen LogP contribution in [0.1, 0.15) is 59.9 Å². The van der Waals surface area contributed by atoms with E-state index in [0.29, 0.717) is 11.9 Å². The summed E-state index contributed by atoms with van der Waals surface area (Å²) in [6.45, 7) is 11.7. The van der Waals surface area contributed by atoms with E-state index < -0.39 is 29.8 Å². The smallest absolute Gasteiger partial charge is 0.465 e. The molecule has 2 heterocycles. The van der Waals surface area contributed by atoms with Crippen molar-refractivity contribution in [2.75, 3.05) is 6.61 Å². The Morgan fingerprint density at radius 3 is 2.33 bits per heavy atom. The van der Waals surface area contributed by atoms with Crippen LogP contribution in [0.25, 0.3) is 0 Å². The summed E-state index contributed by atoms with van der Waals surface area (Å²) < 4.78 is 18.6. The predicted molar refractivity (Wildman–Crippen MR) is 107 cm³/mol. The zero-order valence-corrected chi connectivity index (χ0v) is 17.8. The Morgan fingerprint density at radius 1 is 1.22 bits per heavy atom. The van der Waals surface area contributed by atoms with E-state index in [1.807, 2.05) is 27.7 Å². The van der Waals surface area contributed by atoms with E-state index in [1.54, 1.807) is 13.1 Å². The van der Waals surface area contributed by atoms with Crippen molar-refractivity contribution in [3.05, 3.63) is 27.1 Å².